The van der Waals surface area contributed by atoms with Crippen LogP contribution < -0.4 is 10.7 Å². The number of halogens is 1. The summed E-state index contributed by atoms with van der Waals surface area (Å²) in [7, 11) is 0. The molecular formula is C10H9ClN4O2. The summed E-state index contributed by atoms with van der Waals surface area (Å²) in [5, 5.41) is 19.0. The van der Waals surface area contributed by atoms with Crippen LogP contribution in [0.1, 0.15) is 17.0 Å². The molecule has 0 unspecified atom stereocenters. The van der Waals surface area contributed by atoms with Crippen LogP contribution in [0, 0.1) is 12.1 Å². The Morgan fingerprint density at radius 1 is 1.47 bits per heavy atom. The Bertz CT molecular complexity index is 562. The summed E-state index contributed by atoms with van der Waals surface area (Å²) in [5.41, 5.74) is 1.68. The minimum atomic E-state index is 0.296. The van der Waals surface area contributed by atoms with Gasteiger partial charge in [-0.25, -0.2) is 0 Å². The van der Waals surface area contributed by atoms with Crippen molar-refractivity contribution < 1.29 is 9.53 Å². The van der Waals surface area contributed by atoms with Crippen LogP contribution in [0.2, 0.25) is 5.02 Å². The van der Waals surface area contributed by atoms with Gasteiger partial charge >= 0.3 is 0 Å². The van der Waals surface area contributed by atoms with E-state index in [1.165, 1.54) is 0 Å². The first-order valence-electron chi connectivity index (χ1n) is 4.74. The van der Waals surface area contributed by atoms with Crippen LogP contribution in [0.5, 0.6) is 0 Å². The van der Waals surface area contributed by atoms with Crippen LogP contribution in [-0.2, 0) is 0 Å². The number of hydrazone groups is 1. The van der Waals surface area contributed by atoms with Crippen molar-refractivity contribution in [3.8, 4) is 0 Å². The molecule has 1 aromatic heterocycles. The lowest BCUT2D eigenvalue weighted by atomic mass is 10.1. The van der Waals surface area contributed by atoms with Crippen molar-refractivity contribution in [2.75, 3.05) is 0 Å². The van der Waals surface area contributed by atoms with E-state index in [1.807, 2.05) is 0 Å². The fourth-order valence-corrected chi connectivity index (χ4v) is 1.51. The van der Waals surface area contributed by atoms with E-state index in [0.29, 0.717) is 32.6 Å². The van der Waals surface area contributed by atoms with Crippen LogP contribution in [0.4, 0.5) is 0 Å². The third-order valence-corrected chi connectivity index (χ3v) is 2.55. The highest BCUT2D eigenvalue weighted by Crippen LogP contribution is 2.14. The van der Waals surface area contributed by atoms with Crippen LogP contribution in [0.25, 0.3) is 0 Å². The van der Waals surface area contributed by atoms with Gasteiger partial charge in [0.1, 0.15) is 5.71 Å². The van der Waals surface area contributed by atoms with E-state index in [4.69, 9.17) is 17.4 Å². The van der Waals surface area contributed by atoms with Gasteiger partial charge in [0, 0.05) is 22.7 Å². The molecule has 0 atom stereocenters. The molecular weight excluding hydrogens is 244 g/mol. The second-order valence-electron chi connectivity index (χ2n) is 3.35. The van der Waals surface area contributed by atoms with Gasteiger partial charge in [-0.05, 0) is 17.0 Å². The standard InChI is InChI=1S/C10H9ClN4O2/c1-6-9(14-17-15(6)16)10(13-12)7-2-4-8(11)5-3-7/h2-5H,12H2,1H3/b13-10+. The molecule has 0 bridgehead atoms. The molecule has 17 heavy (non-hydrogen) atoms. The lowest BCUT2D eigenvalue weighted by Crippen LogP contribution is -2.26. The van der Waals surface area contributed by atoms with Gasteiger partial charge in [0.25, 0.3) is 5.69 Å². The van der Waals surface area contributed by atoms with Gasteiger partial charge < -0.3 is 11.0 Å². The molecule has 88 valence electrons. The maximum atomic E-state index is 11.1. The quantitative estimate of drug-likeness (QED) is 0.373. The van der Waals surface area contributed by atoms with E-state index in [-0.39, 0.29) is 0 Å². The molecule has 0 saturated heterocycles. The van der Waals surface area contributed by atoms with Crippen molar-refractivity contribution in [1.82, 2.24) is 5.16 Å². The van der Waals surface area contributed by atoms with E-state index in [1.54, 1.807) is 31.2 Å². The Labute approximate surface area is 102 Å². The van der Waals surface area contributed by atoms with Gasteiger partial charge in [-0.3, -0.25) is 4.63 Å². The Balaban J connectivity index is 2.48. The predicted octanol–water partition coefficient (Wildman–Crippen LogP) is 0.981. The monoisotopic (exact) mass is 252 g/mol. The Morgan fingerprint density at radius 3 is 2.59 bits per heavy atom. The number of aromatic nitrogens is 2. The summed E-state index contributed by atoms with van der Waals surface area (Å²) in [5.74, 6) is 5.32. The van der Waals surface area contributed by atoms with Gasteiger partial charge in [-0.1, -0.05) is 23.7 Å². The molecule has 0 saturated carbocycles. The second kappa shape index (κ2) is 4.42. The number of hydrogen-bond acceptors (Lipinski definition) is 5. The molecule has 0 amide bonds. The molecule has 0 radical (unpaired) electrons. The first-order valence-corrected chi connectivity index (χ1v) is 5.12. The molecule has 2 N–H and O–H groups in total. The summed E-state index contributed by atoms with van der Waals surface area (Å²) >= 11 is 5.78. The molecule has 0 aliphatic rings. The van der Waals surface area contributed by atoms with Gasteiger partial charge in [-0.2, -0.15) is 5.10 Å². The first kappa shape index (κ1) is 11.4. The van der Waals surface area contributed by atoms with Crippen molar-refractivity contribution in [2.45, 2.75) is 6.92 Å². The smallest absolute Gasteiger partial charge is 0.271 e. The van der Waals surface area contributed by atoms with E-state index in [2.05, 4.69) is 14.9 Å². The van der Waals surface area contributed by atoms with Crippen LogP contribution in [-0.4, -0.2) is 10.9 Å². The summed E-state index contributed by atoms with van der Waals surface area (Å²) in [6, 6.07) is 6.86. The average Bonchev–Trinajstić information content (AvgIpc) is 2.65. The molecule has 2 aromatic rings. The minimum absolute atomic E-state index is 0.296. The number of nitrogens with two attached hydrogens (primary N) is 1. The van der Waals surface area contributed by atoms with Gasteiger partial charge in [0.2, 0.25) is 5.69 Å². The average molecular weight is 253 g/mol. The molecule has 0 spiro atoms. The zero-order valence-corrected chi connectivity index (χ0v) is 9.68. The summed E-state index contributed by atoms with van der Waals surface area (Å²) in [6.07, 6.45) is 0. The van der Waals surface area contributed by atoms with Gasteiger partial charge in [0.15, 0.2) is 0 Å². The van der Waals surface area contributed by atoms with Crippen molar-refractivity contribution in [2.24, 2.45) is 10.9 Å². The number of nitrogens with zero attached hydrogens (tertiary/aromatic N) is 3. The van der Waals surface area contributed by atoms with Gasteiger partial charge in [-0.15, -0.1) is 0 Å². The lowest BCUT2D eigenvalue weighted by molar-refractivity contribution is -0.806. The molecule has 1 heterocycles. The molecule has 1 aromatic carbocycles. The minimum Gasteiger partial charge on any atom is -0.359 e. The van der Waals surface area contributed by atoms with Gasteiger partial charge in [0.05, 0.1) is 0 Å². The van der Waals surface area contributed by atoms with Crippen molar-refractivity contribution in [3.05, 3.63) is 51.4 Å². The highest BCUT2D eigenvalue weighted by atomic mass is 35.5. The van der Waals surface area contributed by atoms with E-state index in [0.717, 1.165) is 0 Å². The third-order valence-electron chi connectivity index (χ3n) is 2.29. The topological polar surface area (TPSA) is 91.3 Å². The van der Waals surface area contributed by atoms with Crippen LogP contribution >= 0.6 is 11.6 Å². The third kappa shape index (κ3) is 2.07. The SMILES string of the molecule is Cc1c(/C(=N/N)c2ccc(Cl)cc2)no[n+]1[O-]. The van der Waals surface area contributed by atoms with E-state index < -0.39 is 0 Å². The molecule has 2 rings (SSSR count). The fourth-order valence-electron chi connectivity index (χ4n) is 1.39. The van der Waals surface area contributed by atoms with Crippen molar-refractivity contribution in [3.63, 3.8) is 0 Å². The van der Waals surface area contributed by atoms with E-state index in [9.17, 15) is 5.21 Å². The zero-order valence-electron chi connectivity index (χ0n) is 8.92. The largest absolute Gasteiger partial charge is 0.359 e. The summed E-state index contributed by atoms with van der Waals surface area (Å²) in [6.45, 7) is 1.57. The number of hydrogen-bond donors (Lipinski definition) is 1. The second-order valence-corrected chi connectivity index (χ2v) is 3.79. The lowest BCUT2D eigenvalue weighted by Gasteiger charge is -1.99. The highest BCUT2D eigenvalue weighted by molar-refractivity contribution is 6.30. The Hall–Kier alpha value is -2.08. The van der Waals surface area contributed by atoms with Crippen LogP contribution in [0.3, 0.4) is 0 Å². The number of rotatable bonds is 2. The molecule has 0 aliphatic heterocycles. The normalized spacial score (nSPS) is 11.8. The first-order chi connectivity index (χ1) is 8.13. The maximum absolute atomic E-state index is 11.1. The summed E-state index contributed by atoms with van der Waals surface area (Å²) in [4.78, 5) is 0.302. The molecule has 7 heteroatoms. The van der Waals surface area contributed by atoms with Crippen molar-refractivity contribution >= 4 is 17.3 Å². The maximum Gasteiger partial charge on any atom is 0.271 e. The highest BCUT2D eigenvalue weighted by Gasteiger charge is 2.22. The summed E-state index contributed by atoms with van der Waals surface area (Å²) < 4.78 is 4.47. The Morgan fingerprint density at radius 2 is 2.12 bits per heavy atom. The fraction of sp³-hybridized carbons (Fsp3) is 0.100. The predicted molar refractivity (Wildman–Crippen MR) is 61.5 cm³/mol. The molecule has 0 aliphatic carbocycles. The molecule has 0 fully saturated rings. The molecule has 6 nitrogen and oxygen atoms in total. The Kier molecular flexibility index (Phi) is 2.97. The van der Waals surface area contributed by atoms with E-state index >= 15 is 0 Å². The van der Waals surface area contributed by atoms with Crippen LogP contribution in [0.15, 0.2) is 34.0 Å². The number of benzene rings is 1. The zero-order chi connectivity index (χ0) is 12.4. The van der Waals surface area contributed by atoms with Crippen molar-refractivity contribution in [1.29, 1.82) is 0 Å².